The van der Waals surface area contributed by atoms with Crippen LogP contribution in [0.4, 0.5) is 11.4 Å². The van der Waals surface area contributed by atoms with Crippen LogP contribution in [0.2, 0.25) is 0 Å². The number of aliphatic hydroxyl groups is 1. The van der Waals surface area contributed by atoms with Crippen molar-refractivity contribution in [2.75, 3.05) is 18.0 Å². The molecule has 15 nitrogen and oxygen atoms in total. The number of carbonyl (C=O) groups is 2. The smallest absolute Gasteiger partial charge is 0.744 e. The number of fused-ring (bicyclic) bond motifs is 2. The normalized spacial score (nSPS) is 17.6. The Kier molecular flexibility index (Phi) is 17.7. The molecule has 2 aromatic rings. The van der Waals surface area contributed by atoms with E-state index in [9.17, 15) is 61.4 Å². The van der Waals surface area contributed by atoms with Crippen LogP contribution in [0.15, 0.2) is 92.1 Å². The summed E-state index contributed by atoms with van der Waals surface area (Å²) >= 11 is 0. The monoisotopic (exact) mass is 908 g/mol. The Labute approximate surface area is 435 Å². The van der Waals surface area contributed by atoms with Crippen LogP contribution in [0.25, 0.3) is 0 Å². The summed E-state index contributed by atoms with van der Waals surface area (Å²) in [5.74, 6) is -2.63. The minimum absolute atomic E-state index is 0. The molecule has 2 N–H and O–H groups in total. The molecule has 0 aromatic heterocycles. The molecular formula is C41H42K2N4O11S2. The van der Waals surface area contributed by atoms with Gasteiger partial charge in [-0.1, -0.05) is 20.3 Å². The van der Waals surface area contributed by atoms with Crippen LogP contribution in [0, 0.1) is 22.7 Å². The number of aliphatic hydroxyl groups excluding tert-OH is 1. The third-order valence-electron chi connectivity index (χ3n) is 10.9. The Morgan fingerprint density at radius 1 is 0.817 bits per heavy atom. The molecular weight excluding hydrogens is 867 g/mol. The van der Waals surface area contributed by atoms with E-state index in [-0.39, 0.29) is 149 Å². The summed E-state index contributed by atoms with van der Waals surface area (Å²) in [6.07, 6.45) is 5.71. The van der Waals surface area contributed by atoms with Crippen molar-refractivity contribution in [3.8, 4) is 12.1 Å². The minimum atomic E-state index is -4.83. The van der Waals surface area contributed by atoms with Crippen LogP contribution >= 0.6 is 0 Å². The number of allylic oxidation sites excluding steroid dienone is 6. The summed E-state index contributed by atoms with van der Waals surface area (Å²) in [6.45, 7) is 7.86. The quantitative estimate of drug-likeness (QED) is 0.0586. The molecule has 2 aliphatic heterocycles. The van der Waals surface area contributed by atoms with Crippen LogP contribution < -0.4 is 118 Å². The average molecular weight is 909 g/mol. The predicted octanol–water partition coefficient (Wildman–Crippen LogP) is -2.38. The van der Waals surface area contributed by atoms with E-state index in [4.69, 9.17) is 0 Å². The number of carbonyl (C=O) groups excluding carboxylic acids is 2. The van der Waals surface area contributed by atoms with E-state index in [1.807, 2.05) is 35.5 Å². The summed E-state index contributed by atoms with van der Waals surface area (Å²) < 4.78 is 72.1. The maximum absolute atomic E-state index is 12.1. The maximum Gasteiger partial charge on any atom is 1.00 e. The van der Waals surface area contributed by atoms with Gasteiger partial charge in [-0.05, 0) is 94.3 Å². The van der Waals surface area contributed by atoms with Crippen molar-refractivity contribution < 1.29 is 158 Å². The maximum atomic E-state index is 12.1. The Balaban J connectivity index is 0.00000480. The molecule has 0 unspecified atom stereocenters. The van der Waals surface area contributed by atoms with Gasteiger partial charge in [0, 0.05) is 76.1 Å². The van der Waals surface area contributed by atoms with Gasteiger partial charge in [0.25, 0.3) is 10.1 Å². The van der Waals surface area contributed by atoms with Gasteiger partial charge in [-0.2, -0.15) is 23.5 Å². The molecule has 306 valence electrons. The van der Waals surface area contributed by atoms with Gasteiger partial charge in [-0.15, -0.1) is 0 Å². The number of nitriles is 2. The number of carboxylic acid groups (broad SMARTS) is 2. The number of benzene rings is 2. The van der Waals surface area contributed by atoms with Gasteiger partial charge >= 0.3 is 103 Å². The van der Waals surface area contributed by atoms with Gasteiger partial charge in [0.15, 0.2) is 5.71 Å². The molecule has 2 heterocycles. The Bertz CT molecular complexity index is 2560. The molecule has 1 aliphatic carbocycles. The number of carboxylic acids is 2. The molecule has 0 bridgehead atoms. The predicted molar refractivity (Wildman–Crippen MR) is 205 cm³/mol. The molecule has 60 heavy (non-hydrogen) atoms. The summed E-state index contributed by atoms with van der Waals surface area (Å²) in [4.78, 5) is 23.1. The molecule has 0 saturated carbocycles. The molecule has 0 amide bonds. The zero-order valence-corrected chi connectivity index (χ0v) is 42.2. The molecule has 2 aromatic carbocycles. The SMILES string of the molecule is CC1(C)C(=CC2=C(O)C(=CC3=[N+](CCCCCC(=O)[O-])c4ccc(S(=O)(=O)[O-])cc4C3(C)C)C2=C(C#N)C#N)N(CCCCCC(=O)[O-])c2ccc(S(=O)(=O)O)cc21.[K+].[K+]. The van der Waals surface area contributed by atoms with Gasteiger partial charge in [0.05, 0.1) is 15.2 Å². The third kappa shape index (κ3) is 10.9. The van der Waals surface area contributed by atoms with Crippen molar-refractivity contribution in [2.24, 2.45) is 0 Å². The molecule has 19 heteroatoms. The van der Waals surface area contributed by atoms with E-state index >= 15 is 0 Å². The average Bonchev–Trinajstić information content (AvgIpc) is 3.48. The minimum Gasteiger partial charge on any atom is -0.744 e. The zero-order valence-electron chi connectivity index (χ0n) is 34.4. The fourth-order valence-electron chi connectivity index (χ4n) is 7.88. The Morgan fingerprint density at radius 3 is 1.93 bits per heavy atom. The van der Waals surface area contributed by atoms with Crippen LogP contribution in [0.5, 0.6) is 0 Å². The number of hydrogen-bond donors (Lipinski definition) is 2. The van der Waals surface area contributed by atoms with Gasteiger partial charge < -0.3 is 34.4 Å². The standard InChI is InChI=1S/C41H44N4O11S2.2K/c1-40(2)30-19-26(57(51,52)53)13-15-32(30)44(17-9-5-7-11-36(46)47)34(40)21-28-38(25(23-42)24-43)29(39(28)50)22-35-41(3,4)31-20-27(58(54,55)56)14-16-33(31)45(35)18-10-6-8-12-37(48)49;;/h13-16,19-22H,5-12,17-18H2,1-4H3,(H4-,46,47,48,49,50,51,52,53,54,55,56);;/q;2*+1/p-2. The fourth-order valence-corrected chi connectivity index (χ4v) is 8.89. The van der Waals surface area contributed by atoms with Crippen LogP contribution in [0.1, 0.15) is 90.2 Å². The number of unbranched alkanes of at least 4 members (excludes halogenated alkanes) is 4. The molecule has 0 atom stereocenters. The van der Waals surface area contributed by atoms with Crippen LogP contribution in [-0.4, -0.2) is 66.4 Å². The van der Waals surface area contributed by atoms with Gasteiger partial charge in [-0.25, -0.2) is 8.42 Å². The number of rotatable bonds is 16. The molecule has 3 aliphatic rings. The summed E-state index contributed by atoms with van der Waals surface area (Å²) in [5, 5.41) is 54.2. The van der Waals surface area contributed by atoms with Crippen LogP contribution in [-0.2, 0) is 40.7 Å². The van der Waals surface area contributed by atoms with E-state index in [2.05, 4.69) is 0 Å². The number of anilines is 1. The topological polar surface area (TPSA) is 266 Å². The molecule has 5 rings (SSSR count). The number of aliphatic carboxylic acids is 2. The first-order valence-electron chi connectivity index (χ1n) is 18.5. The fraction of sp³-hybridized carbons (Fsp3) is 0.390. The van der Waals surface area contributed by atoms with Crippen molar-refractivity contribution >= 4 is 49.3 Å². The van der Waals surface area contributed by atoms with Crippen molar-refractivity contribution in [1.82, 2.24) is 0 Å². The van der Waals surface area contributed by atoms with E-state index < -0.39 is 47.9 Å². The van der Waals surface area contributed by atoms with E-state index in [0.717, 1.165) is 0 Å². The van der Waals surface area contributed by atoms with E-state index in [1.165, 1.54) is 30.3 Å². The van der Waals surface area contributed by atoms with Crippen LogP contribution in [0.3, 0.4) is 0 Å². The van der Waals surface area contributed by atoms with Gasteiger partial charge in [-0.3, -0.25) is 4.55 Å². The van der Waals surface area contributed by atoms with E-state index in [0.29, 0.717) is 85.5 Å². The first-order chi connectivity index (χ1) is 27.0. The second-order valence-corrected chi connectivity index (χ2v) is 18.2. The van der Waals surface area contributed by atoms with Crippen molar-refractivity contribution in [1.29, 1.82) is 10.5 Å². The second kappa shape index (κ2) is 20.5. The van der Waals surface area contributed by atoms with E-state index in [1.54, 1.807) is 32.1 Å². The largest absolute Gasteiger partial charge is 1.00 e. The first kappa shape index (κ1) is 52.0. The Hall–Kier alpha value is -2.32. The zero-order chi connectivity index (χ0) is 43.0. The third-order valence-corrected chi connectivity index (χ3v) is 12.6. The van der Waals surface area contributed by atoms with Crippen molar-refractivity contribution in [3.63, 3.8) is 0 Å². The summed E-state index contributed by atoms with van der Waals surface area (Å²) in [6, 6.07) is 12.0. The molecule has 0 fully saturated rings. The van der Waals surface area contributed by atoms with Crippen molar-refractivity contribution in [2.45, 2.75) is 99.7 Å². The molecule has 0 radical (unpaired) electrons. The Morgan fingerprint density at radius 2 is 1.38 bits per heavy atom. The molecule has 0 spiro atoms. The first-order valence-corrected chi connectivity index (χ1v) is 21.4. The van der Waals surface area contributed by atoms with Gasteiger partial charge in [0.2, 0.25) is 5.69 Å². The second-order valence-electron chi connectivity index (χ2n) is 15.4. The molecule has 0 saturated heterocycles. The number of nitrogens with zero attached hydrogens (tertiary/aromatic N) is 4. The van der Waals surface area contributed by atoms with Crippen molar-refractivity contribution in [3.05, 3.63) is 93.4 Å². The summed E-state index contributed by atoms with van der Waals surface area (Å²) in [7, 11) is -9.41. The number of hydrogen-bond acceptors (Lipinski definition) is 13. The van der Waals surface area contributed by atoms with Gasteiger partial charge in [0.1, 0.15) is 40.1 Å². The summed E-state index contributed by atoms with van der Waals surface area (Å²) in [5.41, 5.74) is 1.40.